The average molecular weight is 538 g/mol. The smallest absolute Gasteiger partial charge is 0.211 e. The molecule has 0 aliphatic carbocycles. The molecule has 1 aliphatic heterocycles. The lowest BCUT2D eigenvalue weighted by atomic mass is 9.97. The average Bonchev–Trinajstić information content (AvgIpc) is 2.68. The van der Waals surface area contributed by atoms with Crippen LogP contribution in [0.2, 0.25) is 0 Å². The molecule has 2 rings (SSSR count). The van der Waals surface area contributed by atoms with Crippen LogP contribution in [-0.2, 0) is 16.6 Å². The van der Waals surface area contributed by atoms with E-state index in [1.54, 1.807) is 6.92 Å². The van der Waals surface area contributed by atoms with Crippen LogP contribution in [-0.4, -0.2) is 63.3 Å². The summed E-state index contributed by atoms with van der Waals surface area (Å²) in [6.45, 7) is 9.47. The van der Waals surface area contributed by atoms with Gasteiger partial charge >= 0.3 is 0 Å². The van der Waals surface area contributed by atoms with Gasteiger partial charge in [0.25, 0.3) is 0 Å². The highest BCUT2D eigenvalue weighted by molar-refractivity contribution is 14.0. The Morgan fingerprint density at radius 2 is 1.97 bits per heavy atom. The standard InChI is InChI=1S/C20H35N5O2S.HI/c1-4-21-20(22-12-13-23-28(26,27)5-2)24-19-11-14-25(17(3)15-19)16-18-9-7-6-8-10-18;/h6-10,17,19,23H,4-5,11-16H2,1-3H3,(H2,21,22,24);1H. The second-order valence-electron chi connectivity index (χ2n) is 7.23. The molecule has 0 saturated carbocycles. The van der Waals surface area contributed by atoms with E-state index in [-0.39, 0.29) is 29.7 Å². The topological polar surface area (TPSA) is 85.8 Å². The Morgan fingerprint density at radius 3 is 2.59 bits per heavy atom. The molecular weight excluding hydrogens is 501 g/mol. The van der Waals surface area contributed by atoms with E-state index in [0.29, 0.717) is 25.2 Å². The van der Waals surface area contributed by atoms with Gasteiger partial charge in [-0.15, -0.1) is 24.0 Å². The summed E-state index contributed by atoms with van der Waals surface area (Å²) in [5.74, 6) is 0.848. The zero-order valence-corrected chi connectivity index (χ0v) is 20.9. The molecule has 0 radical (unpaired) electrons. The summed E-state index contributed by atoms with van der Waals surface area (Å²) in [5.41, 5.74) is 1.35. The first-order valence-electron chi connectivity index (χ1n) is 10.2. The van der Waals surface area contributed by atoms with Crippen LogP contribution in [0.3, 0.4) is 0 Å². The Balaban J connectivity index is 0.00000420. The Morgan fingerprint density at radius 1 is 1.24 bits per heavy atom. The number of nitrogens with one attached hydrogen (secondary N) is 3. The molecule has 0 spiro atoms. The van der Waals surface area contributed by atoms with E-state index in [1.807, 2.05) is 6.92 Å². The third-order valence-electron chi connectivity index (χ3n) is 5.01. The normalized spacial score (nSPS) is 20.7. The van der Waals surface area contributed by atoms with Crippen LogP contribution in [0.4, 0.5) is 0 Å². The first kappa shape index (κ1) is 26.1. The molecule has 2 unspecified atom stereocenters. The van der Waals surface area contributed by atoms with Gasteiger partial charge in [0.15, 0.2) is 5.96 Å². The van der Waals surface area contributed by atoms with Gasteiger partial charge in [-0.1, -0.05) is 30.3 Å². The molecule has 1 aromatic carbocycles. The number of halogens is 1. The lowest BCUT2D eigenvalue weighted by molar-refractivity contribution is 0.134. The van der Waals surface area contributed by atoms with Crippen molar-refractivity contribution >= 4 is 40.0 Å². The lowest BCUT2D eigenvalue weighted by Crippen LogP contribution is -2.51. The predicted molar refractivity (Wildman–Crippen MR) is 131 cm³/mol. The number of hydrogen-bond acceptors (Lipinski definition) is 4. The maximum Gasteiger partial charge on any atom is 0.211 e. The highest BCUT2D eigenvalue weighted by atomic mass is 127. The number of guanidine groups is 1. The van der Waals surface area contributed by atoms with E-state index in [0.717, 1.165) is 38.4 Å². The van der Waals surface area contributed by atoms with E-state index in [4.69, 9.17) is 0 Å². The number of benzene rings is 1. The molecule has 1 saturated heterocycles. The van der Waals surface area contributed by atoms with Crippen molar-refractivity contribution in [2.24, 2.45) is 4.99 Å². The largest absolute Gasteiger partial charge is 0.357 e. The first-order valence-corrected chi connectivity index (χ1v) is 11.9. The van der Waals surface area contributed by atoms with E-state index in [2.05, 4.69) is 62.5 Å². The van der Waals surface area contributed by atoms with E-state index in [1.165, 1.54) is 5.56 Å². The van der Waals surface area contributed by atoms with Crippen LogP contribution >= 0.6 is 24.0 Å². The van der Waals surface area contributed by atoms with Gasteiger partial charge in [-0.05, 0) is 39.2 Å². The summed E-state index contributed by atoms with van der Waals surface area (Å²) in [6.07, 6.45) is 2.11. The second kappa shape index (κ2) is 13.4. The third-order valence-corrected chi connectivity index (χ3v) is 6.42. The third kappa shape index (κ3) is 9.63. The van der Waals surface area contributed by atoms with Gasteiger partial charge in [0, 0.05) is 38.3 Å². The zero-order chi connectivity index (χ0) is 20.4. The Hall–Kier alpha value is -0.910. The molecule has 0 aromatic heterocycles. The van der Waals surface area contributed by atoms with Crippen LogP contribution in [0.15, 0.2) is 35.3 Å². The number of hydrogen-bond donors (Lipinski definition) is 3. The Labute approximate surface area is 193 Å². The van der Waals surface area contributed by atoms with Gasteiger partial charge in [0.05, 0.1) is 12.3 Å². The van der Waals surface area contributed by atoms with Crippen LogP contribution in [0.1, 0.15) is 39.2 Å². The van der Waals surface area contributed by atoms with Gasteiger partial charge in [0.1, 0.15) is 0 Å². The minimum atomic E-state index is -3.16. The summed E-state index contributed by atoms with van der Waals surface area (Å²) in [5, 5.41) is 6.77. The van der Waals surface area contributed by atoms with E-state index < -0.39 is 10.0 Å². The molecular formula is C20H36IN5O2S. The molecule has 9 heteroatoms. The van der Waals surface area contributed by atoms with Crippen molar-refractivity contribution in [3.8, 4) is 0 Å². The molecule has 1 heterocycles. The van der Waals surface area contributed by atoms with Crippen molar-refractivity contribution in [2.75, 3.05) is 31.9 Å². The fourth-order valence-electron chi connectivity index (χ4n) is 3.39. The molecule has 29 heavy (non-hydrogen) atoms. The van der Waals surface area contributed by atoms with Crippen LogP contribution in [0, 0.1) is 0 Å². The number of likely N-dealkylation sites (tertiary alicyclic amines) is 1. The zero-order valence-electron chi connectivity index (χ0n) is 17.7. The fourth-order valence-corrected chi connectivity index (χ4v) is 4.00. The molecule has 7 nitrogen and oxygen atoms in total. The van der Waals surface area contributed by atoms with Crippen molar-refractivity contribution < 1.29 is 8.42 Å². The first-order chi connectivity index (χ1) is 13.4. The van der Waals surface area contributed by atoms with Gasteiger partial charge < -0.3 is 10.6 Å². The molecule has 1 fully saturated rings. The highest BCUT2D eigenvalue weighted by Gasteiger charge is 2.25. The SMILES string of the molecule is CCNC(=NCCNS(=O)(=O)CC)NC1CCN(Cc2ccccc2)C(C)C1.I. The van der Waals surface area contributed by atoms with Crippen LogP contribution in [0.5, 0.6) is 0 Å². The minimum absolute atomic E-state index is 0. The van der Waals surface area contributed by atoms with Gasteiger partial charge in [-0.3, -0.25) is 9.89 Å². The van der Waals surface area contributed by atoms with Crippen molar-refractivity contribution in [3.63, 3.8) is 0 Å². The van der Waals surface area contributed by atoms with E-state index >= 15 is 0 Å². The summed E-state index contributed by atoms with van der Waals surface area (Å²) < 4.78 is 25.5. The molecule has 1 aromatic rings. The molecule has 2 atom stereocenters. The highest BCUT2D eigenvalue weighted by Crippen LogP contribution is 2.19. The van der Waals surface area contributed by atoms with Crippen molar-refractivity contribution in [3.05, 3.63) is 35.9 Å². The number of piperidine rings is 1. The molecule has 3 N–H and O–H groups in total. The number of sulfonamides is 1. The van der Waals surface area contributed by atoms with Crippen molar-refractivity contribution in [1.82, 2.24) is 20.3 Å². The number of rotatable bonds is 9. The molecule has 166 valence electrons. The molecule has 0 amide bonds. The Kier molecular flexibility index (Phi) is 12.1. The predicted octanol–water partition coefficient (Wildman–Crippen LogP) is 2.15. The number of nitrogens with zero attached hydrogens (tertiary/aromatic N) is 2. The summed E-state index contributed by atoms with van der Waals surface area (Å²) in [7, 11) is -3.16. The lowest BCUT2D eigenvalue weighted by Gasteiger charge is -2.38. The maximum absolute atomic E-state index is 11.5. The molecule has 1 aliphatic rings. The van der Waals surface area contributed by atoms with Crippen molar-refractivity contribution in [1.29, 1.82) is 0 Å². The van der Waals surface area contributed by atoms with Crippen LogP contribution in [0.25, 0.3) is 0 Å². The van der Waals surface area contributed by atoms with Gasteiger partial charge in [-0.2, -0.15) is 0 Å². The van der Waals surface area contributed by atoms with E-state index in [9.17, 15) is 8.42 Å². The van der Waals surface area contributed by atoms with Crippen molar-refractivity contribution in [2.45, 2.75) is 52.2 Å². The second-order valence-corrected chi connectivity index (χ2v) is 9.32. The maximum atomic E-state index is 11.5. The summed E-state index contributed by atoms with van der Waals surface area (Å²) in [6, 6.07) is 11.5. The summed E-state index contributed by atoms with van der Waals surface area (Å²) in [4.78, 5) is 7.04. The molecule has 0 bridgehead atoms. The Bertz CT molecular complexity index is 715. The minimum Gasteiger partial charge on any atom is -0.357 e. The number of aliphatic imine (C=N–C) groups is 1. The van der Waals surface area contributed by atoms with Crippen LogP contribution < -0.4 is 15.4 Å². The van der Waals surface area contributed by atoms with Gasteiger partial charge in [-0.25, -0.2) is 13.1 Å². The fraction of sp³-hybridized carbons (Fsp3) is 0.650. The van der Waals surface area contributed by atoms with Gasteiger partial charge in [0.2, 0.25) is 10.0 Å². The monoisotopic (exact) mass is 537 g/mol. The quantitative estimate of drug-likeness (QED) is 0.195. The summed E-state index contributed by atoms with van der Waals surface area (Å²) >= 11 is 0.